The van der Waals surface area contributed by atoms with Crippen molar-refractivity contribution in [2.24, 2.45) is 5.92 Å². The molecular formula is C17H29N3. The van der Waals surface area contributed by atoms with Crippen LogP contribution in [-0.2, 0) is 6.54 Å². The SMILES string of the molecule is CCN(CC)CC1CCN(Cc2cccc(N)c2)CC1. The Labute approximate surface area is 123 Å². The highest BCUT2D eigenvalue weighted by Gasteiger charge is 2.20. The summed E-state index contributed by atoms with van der Waals surface area (Å²) < 4.78 is 0. The summed E-state index contributed by atoms with van der Waals surface area (Å²) in [5, 5.41) is 0. The standard InChI is InChI=1S/C17H29N3/c1-3-19(4-2)13-15-8-10-20(11-9-15)14-16-6-5-7-17(18)12-16/h5-7,12,15H,3-4,8-11,13-14,18H2,1-2H3. The molecule has 0 radical (unpaired) electrons. The van der Waals surface area contributed by atoms with Crippen molar-refractivity contribution in [3.63, 3.8) is 0 Å². The van der Waals surface area contributed by atoms with E-state index < -0.39 is 0 Å². The van der Waals surface area contributed by atoms with Gasteiger partial charge < -0.3 is 10.6 Å². The van der Waals surface area contributed by atoms with Gasteiger partial charge in [0.1, 0.15) is 0 Å². The lowest BCUT2D eigenvalue weighted by Crippen LogP contribution is -2.38. The highest BCUT2D eigenvalue weighted by atomic mass is 15.1. The second-order valence-corrected chi connectivity index (χ2v) is 5.95. The van der Waals surface area contributed by atoms with Crippen molar-refractivity contribution in [1.82, 2.24) is 9.80 Å². The number of piperidine rings is 1. The molecular weight excluding hydrogens is 246 g/mol. The largest absolute Gasteiger partial charge is 0.399 e. The number of anilines is 1. The van der Waals surface area contributed by atoms with E-state index in [4.69, 9.17) is 5.73 Å². The van der Waals surface area contributed by atoms with Crippen LogP contribution in [0.25, 0.3) is 0 Å². The number of nitrogens with zero attached hydrogens (tertiary/aromatic N) is 2. The summed E-state index contributed by atoms with van der Waals surface area (Å²) in [6, 6.07) is 8.29. The maximum Gasteiger partial charge on any atom is 0.0317 e. The van der Waals surface area contributed by atoms with E-state index in [1.807, 2.05) is 6.07 Å². The minimum Gasteiger partial charge on any atom is -0.399 e. The van der Waals surface area contributed by atoms with Gasteiger partial charge in [-0.2, -0.15) is 0 Å². The van der Waals surface area contributed by atoms with Gasteiger partial charge in [-0.3, -0.25) is 4.90 Å². The number of likely N-dealkylation sites (tertiary alicyclic amines) is 1. The Kier molecular flexibility index (Phi) is 5.86. The van der Waals surface area contributed by atoms with Crippen molar-refractivity contribution in [2.75, 3.05) is 38.5 Å². The van der Waals surface area contributed by atoms with Gasteiger partial charge in [0.2, 0.25) is 0 Å². The molecule has 1 aliphatic heterocycles. The summed E-state index contributed by atoms with van der Waals surface area (Å²) >= 11 is 0. The third-order valence-corrected chi connectivity index (χ3v) is 4.48. The van der Waals surface area contributed by atoms with E-state index in [1.165, 1.54) is 51.1 Å². The monoisotopic (exact) mass is 275 g/mol. The lowest BCUT2D eigenvalue weighted by molar-refractivity contribution is 0.143. The van der Waals surface area contributed by atoms with E-state index in [2.05, 4.69) is 41.8 Å². The summed E-state index contributed by atoms with van der Waals surface area (Å²) in [7, 11) is 0. The average molecular weight is 275 g/mol. The van der Waals surface area contributed by atoms with E-state index in [0.29, 0.717) is 0 Å². The first-order valence-electron chi connectivity index (χ1n) is 8.00. The predicted octanol–water partition coefficient (Wildman–Crippen LogP) is 2.82. The molecule has 20 heavy (non-hydrogen) atoms. The Balaban J connectivity index is 1.77. The van der Waals surface area contributed by atoms with Crippen LogP contribution in [0.1, 0.15) is 32.3 Å². The Morgan fingerprint density at radius 3 is 2.50 bits per heavy atom. The molecule has 1 aromatic rings. The van der Waals surface area contributed by atoms with Gasteiger partial charge in [0.15, 0.2) is 0 Å². The fraction of sp³-hybridized carbons (Fsp3) is 0.647. The van der Waals surface area contributed by atoms with Crippen molar-refractivity contribution in [2.45, 2.75) is 33.2 Å². The molecule has 0 amide bonds. The molecule has 1 saturated heterocycles. The molecule has 3 heteroatoms. The first kappa shape index (κ1) is 15.3. The molecule has 112 valence electrons. The van der Waals surface area contributed by atoms with Crippen molar-refractivity contribution in [1.29, 1.82) is 0 Å². The van der Waals surface area contributed by atoms with Crippen LogP contribution >= 0.6 is 0 Å². The van der Waals surface area contributed by atoms with E-state index >= 15 is 0 Å². The predicted molar refractivity (Wildman–Crippen MR) is 86.6 cm³/mol. The smallest absolute Gasteiger partial charge is 0.0317 e. The maximum absolute atomic E-state index is 5.85. The molecule has 2 rings (SSSR count). The van der Waals surface area contributed by atoms with Gasteiger partial charge in [-0.25, -0.2) is 0 Å². The molecule has 0 aliphatic carbocycles. The molecule has 1 aliphatic rings. The fourth-order valence-electron chi connectivity index (χ4n) is 3.12. The zero-order valence-corrected chi connectivity index (χ0v) is 13.0. The molecule has 1 fully saturated rings. The Morgan fingerprint density at radius 1 is 1.20 bits per heavy atom. The summed E-state index contributed by atoms with van der Waals surface area (Å²) in [6.45, 7) is 11.7. The second-order valence-electron chi connectivity index (χ2n) is 5.95. The summed E-state index contributed by atoms with van der Waals surface area (Å²) in [4.78, 5) is 5.12. The van der Waals surface area contributed by atoms with Gasteiger partial charge >= 0.3 is 0 Å². The molecule has 0 atom stereocenters. The molecule has 3 nitrogen and oxygen atoms in total. The average Bonchev–Trinajstić information content (AvgIpc) is 2.46. The van der Waals surface area contributed by atoms with Crippen LogP contribution in [0.15, 0.2) is 24.3 Å². The maximum atomic E-state index is 5.85. The number of nitrogen functional groups attached to an aromatic ring is 1. The molecule has 0 spiro atoms. The second kappa shape index (κ2) is 7.65. The van der Waals surface area contributed by atoms with Crippen LogP contribution in [0.3, 0.4) is 0 Å². The van der Waals surface area contributed by atoms with Gasteiger partial charge in [0.25, 0.3) is 0 Å². The Hall–Kier alpha value is -1.06. The van der Waals surface area contributed by atoms with Gasteiger partial charge in [-0.1, -0.05) is 26.0 Å². The topological polar surface area (TPSA) is 32.5 Å². The Morgan fingerprint density at radius 2 is 1.90 bits per heavy atom. The van der Waals surface area contributed by atoms with Gasteiger partial charge in [0.05, 0.1) is 0 Å². The lowest BCUT2D eigenvalue weighted by Gasteiger charge is -2.34. The van der Waals surface area contributed by atoms with E-state index in [-0.39, 0.29) is 0 Å². The van der Waals surface area contributed by atoms with E-state index in [0.717, 1.165) is 18.2 Å². The molecule has 1 aromatic carbocycles. The molecule has 2 N–H and O–H groups in total. The summed E-state index contributed by atoms with van der Waals surface area (Å²) in [6.07, 6.45) is 2.66. The molecule has 0 unspecified atom stereocenters. The van der Waals surface area contributed by atoms with Gasteiger partial charge in [-0.05, 0) is 62.6 Å². The molecule has 0 bridgehead atoms. The fourth-order valence-corrected chi connectivity index (χ4v) is 3.12. The van der Waals surface area contributed by atoms with Crippen LogP contribution < -0.4 is 5.73 Å². The van der Waals surface area contributed by atoms with Gasteiger partial charge in [0, 0.05) is 18.8 Å². The number of hydrogen-bond acceptors (Lipinski definition) is 3. The van der Waals surface area contributed by atoms with Crippen molar-refractivity contribution >= 4 is 5.69 Å². The zero-order chi connectivity index (χ0) is 14.4. The lowest BCUT2D eigenvalue weighted by atomic mass is 9.95. The number of hydrogen-bond donors (Lipinski definition) is 1. The minimum atomic E-state index is 0.874. The molecule has 0 aromatic heterocycles. The first-order valence-corrected chi connectivity index (χ1v) is 8.00. The number of rotatable bonds is 6. The van der Waals surface area contributed by atoms with Crippen LogP contribution in [0.2, 0.25) is 0 Å². The third kappa shape index (κ3) is 4.50. The van der Waals surface area contributed by atoms with Crippen LogP contribution in [0.5, 0.6) is 0 Å². The van der Waals surface area contributed by atoms with Crippen molar-refractivity contribution in [3.05, 3.63) is 29.8 Å². The van der Waals surface area contributed by atoms with Crippen molar-refractivity contribution in [3.8, 4) is 0 Å². The van der Waals surface area contributed by atoms with E-state index in [1.54, 1.807) is 0 Å². The summed E-state index contributed by atoms with van der Waals surface area (Å²) in [5.41, 5.74) is 8.06. The highest BCUT2D eigenvalue weighted by molar-refractivity contribution is 5.40. The van der Waals surface area contributed by atoms with Crippen LogP contribution in [0.4, 0.5) is 5.69 Å². The van der Waals surface area contributed by atoms with Gasteiger partial charge in [-0.15, -0.1) is 0 Å². The Bertz CT molecular complexity index is 393. The third-order valence-electron chi connectivity index (χ3n) is 4.48. The first-order chi connectivity index (χ1) is 9.71. The number of benzene rings is 1. The summed E-state index contributed by atoms with van der Waals surface area (Å²) in [5.74, 6) is 0.881. The van der Waals surface area contributed by atoms with Crippen LogP contribution in [-0.4, -0.2) is 42.5 Å². The molecule has 1 heterocycles. The van der Waals surface area contributed by atoms with Crippen LogP contribution in [0, 0.1) is 5.92 Å². The highest BCUT2D eigenvalue weighted by Crippen LogP contribution is 2.20. The van der Waals surface area contributed by atoms with E-state index in [9.17, 15) is 0 Å². The quantitative estimate of drug-likeness (QED) is 0.810. The zero-order valence-electron chi connectivity index (χ0n) is 13.0. The number of nitrogens with two attached hydrogens (primary N) is 1. The van der Waals surface area contributed by atoms with Crippen molar-refractivity contribution < 1.29 is 0 Å². The normalized spacial score (nSPS) is 17.8. The minimum absolute atomic E-state index is 0.874. The molecule has 0 saturated carbocycles.